The monoisotopic (exact) mass is 409 g/mol. The Labute approximate surface area is 182 Å². The van der Waals surface area contributed by atoms with Crippen molar-refractivity contribution in [3.05, 3.63) is 46.0 Å². The highest BCUT2D eigenvalue weighted by Crippen LogP contribution is 2.60. The first-order chi connectivity index (χ1) is 14.3. The highest BCUT2D eigenvalue weighted by atomic mass is 16.3. The van der Waals surface area contributed by atoms with Gasteiger partial charge in [0.1, 0.15) is 0 Å². The Morgan fingerprint density at radius 2 is 2.00 bits per heavy atom. The van der Waals surface area contributed by atoms with Gasteiger partial charge < -0.3 is 15.5 Å². The second kappa shape index (κ2) is 7.46. The van der Waals surface area contributed by atoms with E-state index >= 15 is 0 Å². The third-order valence-corrected chi connectivity index (χ3v) is 9.40. The van der Waals surface area contributed by atoms with Crippen molar-refractivity contribution >= 4 is 0 Å². The number of allylic oxidation sites excluding steroid dienone is 1. The molecule has 1 aromatic rings. The Hall–Kier alpha value is -1.16. The van der Waals surface area contributed by atoms with E-state index in [0.717, 1.165) is 38.6 Å². The van der Waals surface area contributed by atoms with E-state index in [-0.39, 0.29) is 23.7 Å². The Bertz CT molecular complexity index is 861. The average molecular weight is 410 g/mol. The van der Waals surface area contributed by atoms with Gasteiger partial charge in [0.25, 0.3) is 0 Å². The molecule has 2 fully saturated rings. The molecule has 0 spiro atoms. The molecule has 164 valence electrons. The number of hydrogen-bond acceptors (Lipinski definition) is 3. The highest BCUT2D eigenvalue weighted by molar-refractivity contribution is 5.49. The van der Waals surface area contributed by atoms with E-state index in [1.54, 1.807) is 11.1 Å². The molecule has 4 aliphatic rings. The first kappa shape index (κ1) is 20.7. The summed E-state index contributed by atoms with van der Waals surface area (Å²) in [5.41, 5.74) is 7.79. The molecule has 1 aromatic carbocycles. The molecule has 3 N–H and O–H groups in total. The summed E-state index contributed by atoms with van der Waals surface area (Å²) in [6, 6.07) is 4.92. The van der Waals surface area contributed by atoms with Gasteiger partial charge in [-0.15, -0.1) is 0 Å². The Morgan fingerprint density at radius 1 is 1.20 bits per heavy atom. The van der Waals surface area contributed by atoms with Gasteiger partial charge in [-0.05, 0) is 103 Å². The predicted molar refractivity (Wildman–Crippen MR) is 122 cm³/mol. The fourth-order valence-electron chi connectivity index (χ4n) is 7.49. The Kier molecular flexibility index (Phi) is 5.16. The summed E-state index contributed by atoms with van der Waals surface area (Å²) in [6.07, 6.45) is 8.20. The Morgan fingerprint density at radius 3 is 2.77 bits per heavy atom. The predicted octanol–water partition coefficient (Wildman–Crippen LogP) is 4.59. The van der Waals surface area contributed by atoms with Crippen LogP contribution in [0.4, 0.5) is 0 Å². The fraction of sp³-hybridized carbons (Fsp3) is 0.704. The molecule has 5 unspecified atom stereocenters. The smallest absolute Gasteiger partial charge is 0.0702 e. The molecule has 3 nitrogen and oxygen atoms in total. The third-order valence-electron chi connectivity index (χ3n) is 9.40. The molecule has 3 aliphatic carbocycles. The van der Waals surface area contributed by atoms with Crippen LogP contribution in [0.1, 0.15) is 87.0 Å². The Balaban J connectivity index is 1.44. The molecule has 1 saturated carbocycles. The second-order valence-electron chi connectivity index (χ2n) is 11.2. The van der Waals surface area contributed by atoms with Crippen LogP contribution in [0.15, 0.2) is 23.8 Å². The van der Waals surface area contributed by atoms with Crippen molar-refractivity contribution in [2.24, 2.45) is 17.3 Å². The zero-order valence-corrected chi connectivity index (χ0v) is 19.1. The van der Waals surface area contributed by atoms with Gasteiger partial charge in [0.05, 0.1) is 12.2 Å². The van der Waals surface area contributed by atoms with Gasteiger partial charge in [-0.1, -0.05) is 44.6 Å². The van der Waals surface area contributed by atoms with Crippen LogP contribution in [0, 0.1) is 24.2 Å². The summed E-state index contributed by atoms with van der Waals surface area (Å²) in [5.74, 6) is 2.16. The third kappa shape index (κ3) is 3.12. The van der Waals surface area contributed by atoms with Gasteiger partial charge in [-0.2, -0.15) is 0 Å². The van der Waals surface area contributed by atoms with Gasteiger partial charge in [0.2, 0.25) is 0 Å². The molecule has 0 radical (unpaired) electrons. The van der Waals surface area contributed by atoms with Crippen LogP contribution in [0.2, 0.25) is 0 Å². The number of benzene rings is 1. The molecule has 8 atom stereocenters. The minimum atomic E-state index is -0.265. The van der Waals surface area contributed by atoms with E-state index in [0.29, 0.717) is 23.7 Å². The summed E-state index contributed by atoms with van der Waals surface area (Å²) in [7, 11) is 0. The van der Waals surface area contributed by atoms with Crippen molar-refractivity contribution < 1.29 is 10.2 Å². The largest absolute Gasteiger partial charge is 0.393 e. The van der Waals surface area contributed by atoms with Gasteiger partial charge in [0.15, 0.2) is 0 Å². The quantitative estimate of drug-likeness (QED) is 0.626. The number of aliphatic hydroxyl groups excluding tert-OH is 2. The van der Waals surface area contributed by atoms with Gasteiger partial charge in [-0.25, -0.2) is 0 Å². The lowest BCUT2D eigenvalue weighted by atomic mass is 9.57. The van der Waals surface area contributed by atoms with Crippen LogP contribution in [-0.2, 0) is 6.42 Å². The zero-order valence-electron chi connectivity index (χ0n) is 19.1. The lowest BCUT2D eigenvalue weighted by Gasteiger charge is -2.48. The molecular weight excluding hydrogens is 370 g/mol. The van der Waals surface area contributed by atoms with Gasteiger partial charge in [0, 0.05) is 6.04 Å². The maximum Gasteiger partial charge on any atom is 0.0702 e. The van der Waals surface area contributed by atoms with E-state index in [9.17, 15) is 10.2 Å². The molecule has 30 heavy (non-hydrogen) atoms. The van der Waals surface area contributed by atoms with E-state index < -0.39 is 0 Å². The van der Waals surface area contributed by atoms with E-state index in [2.05, 4.69) is 51.2 Å². The van der Waals surface area contributed by atoms with E-state index in [1.807, 2.05) is 0 Å². The van der Waals surface area contributed by atoms with Crippen LogP contribution in [0.25, 0.3) is 0 Å². The van der Waals surface area contributed by atoms with Crippen molar-refractivity contribution in [1.82, 2.24) is 5.32 Å². The van der Waals surface area contributed by atoms with Gasteiger partial charge >= 0.3 is 0 Å². The zero-order chi connectivity index (χ0) is 21.2. The molecule has 0 aromatic heterocycles. The number of piperidine rings is 1. The minimum Gasteiger partial charge on any atom is -0.393 e. The minimum absolute atomic E-state index is 0.143. The lowest BCUT2D eigenvalue weighted by Crippen LogP contribution is -2.50. The molecule has 0 amide bonds. The summed E-state index contributed by atoms with van der Waals surface area (Å²) >= 11 is 0. The number of aliphatic hydroxyl groups is 2. The number of rotatable bonds is 2. The van der Waals surface area contributed by atoms with Crippen LogP contribution >= 0.6 is 0 Å². The lowest BCUT2D eigenvalue weighted by molar-refractivity contribution is 0.0656. The summed E-state index contributed by atoms with van der Waals surface area (Å²) in [4.78, 5) is 0. The highest BCUT2D eigenvalue weighted by Gasteiger charge is 2.50. The van der Waals surface area contributed by atoms with E-state index in [1.165, 1.54) is 23.1 Å². The van der Waals surface area contributed by atoms with Crippen molar-refractivity contribution in [2.75, 3.05) is 6.54 Å². The first-order valence-corrected chi connectivity index (χ1v) is 12.2. The van der Waals surface area contributed by atoms with Crippen molar-refractivity contribution in [2.45, 2.75) is 96.3 Å². The summed E-state index contributed by atoms with van der Waals surface area (Å²) in [5, 5.41) is 24.6. The normalized spacial score (nSPS) is 41.5. The van der Waals surface area contributed by atoms with Crippen LogP contribution < -0.4 is 5.32 Å². The number of fused-ring (bicyclic) bond motifs is 5. The van der Waals surface area contributed by atoms with Crippen LogP contribution in [0.3, 0.4) is 0 Å². The number of hydrogen-bond donors (Lipinski definition) is 3. The molecule has 1 heterocycles. The van der Waals surface area contributed by atoms with Crippen molar-refractivity contribution in [3.8, 4) is 0 Å². The first-order valence-electron chi connectivity index (χ1n) is 12.2. The second-order valence-corrected chi connectivity index (χ2v) is 11.2. The maximum atomic E-state index is 10.7. The maximum absolute atomic E-state index is 10.7. The SMILES string of the molecule is Cc1c(C(C)C2NCC(C)CC2O)ccc2c1C[C@@H]1[C@H]2CC=C2CC(O)CC[C@@]21C. The van der Waals surface area contributed by atoms with Gasteiger partial charge in [-0.3, -0.25) is 0 Å². The topological polar surface area (TPSA) is 52.5 Å². The summed E-state index contributed by atoms with van der Waals surface area (Å²) < 4.78 is 0. The molecule has 5 rings (SSSR count). The molecule has 0 bridgehead atoms. The fourth-order valence-corrected chi connectivity index (χ4v) is 7.49. The molecule has 1 saturated heterocycles. The van der Waals surface area contributed by atoms with Crippen molar-refractivity contribution in [1.29, 1.82) is 0 Å². The molecule has 3 heteroatoms. The average Bonchev–Trinajstić information content (AvgIpc) is 3.09. The van der Waals surface area contributed by atoms with Crippen molar-refractivity contribution in [3.63, 3.8) is 0 Å². The number of nitrogens with one attached hydrogen (secondary N) is 1. The van der Waals surface area contributed by atoms with Crippen LogP contribution in [-0.4, -0.2) is 35.0 Å². The standard InChI is InChI=1S/C27H39NO2/c1-15-11-25(30)26(28-14-15)17(3)20-7-8-21-22-6-5-18-12-19(29)9-10-27(18,4)24(22)13-23(21)16(20)2/h5,7-8,15,17,19,22,24-26,28-30H,6,9-14H2,1-4H3/t15?,17?,19?,22-,24+,25?,26?,27-/m0/s1. The van der Waals surface area contributed by atoms with Crippen LogP contribution in [0.5, 0.6) is 0 Å². The molecule has 1 aliphatic heterocycles. The summed E-state index contributed by atoms with van der Waals surface area (Å²) in [6.45, 7) is 10.3. The van der Waals surface area contributed by atoms with E-state index in [4.69, 9.17) is 0 Å². The molecular formula is C27H39NO2.